The molecule has 0 unspecified atom stereocenters. The van der Waals surface area contributed by atoms with Crippen LogP contribution in [0.25, 0.3) is 16.3 Å². The number of methoxy groups -OCH3 is 1. The molecule has 3 aromatic rings. The molecule has 0 bridgehead atoms. The molecule has 27 heavy (non-hydrogen) atoms. The summed E-state index contributed by atoms with van der Waals surface area (Å²) >= 11 is 0. The molecular weight excluding hydrogens is 334 g/mol. The SMILES string of the molecule is CCOc1ccc(/C(=C/N(C)C)Cc2ccc(OC)c3ccccc23)cc1. The molecule has 0 spiro atoms. The second-order valence-electron chi connectivity index (χ2n) is 6.72. The summed E-state index contributed by atoms with van der Waals surface area (Å²) in [6, 6.07) is 21.0. The van der Waals surface area contributed by atoms with Crippen LogP contribution in [-0.4, -0.2) is 32.7 Å². The predicted octanol–water partition coefficient (Wildman–Crippen LogP) is 5.39. The third-order valence-electron chi connectivity index (χ3n) is 4.53. The second-order valence-corrected chi connectivity index (χ2v) is 6.72. The Morgan fingerprint density at radius 3 is 2.26 bits per heavy atom. The Labute approximate surface area is 161 Å². The maximum absolute atomic E-state index is 5.58. The Bertz CT molecular complexity index is 927. The number of fused-ring (bicyclic) bond motifs is 1. The fourth-order valence-corrected chi connectivity index (χ4v) is 3.34. The highest BCUT2D eigenvalue weighted by Crippen LogP contribution is 2.31. The molecule has 0 fully saturated rings. The highest BCUT2D eigenvalue weighted by atomic mass is 16.5. The maximum atomic E-state index is 5.58. The maximum Gasteiger partial charge on any atom is 0.126 e. The minimum atomic E-state index is 0.678. The molecule has 0 aliphatic carbocycles. The van der Waals surface area contributed by atoms with Gasteiger partial charge in [0.25, 0.3) is 0 Å². The van der Waals surface area contributed by atoms with Crippen LogP contribution in [0.4, 0.5) is 0 Å². The van der Waals surface area contributed by atoms with Gasteiger partial charge in [-0.15, -0.1) is 0 Å². The smallest absolute Gasteiger partial charge is 0.126 e. The van der Waals surface area contributed by atoms with Crippen LogP contribution in [0.3, 0.4) is 0 Å². The molecule has 3 heteroatoms. The van der Waals surface area contributed by atoms with Gasteiger partial charge in [-0.2, -0.15) is 0 Å². The van der Waals surface area contributed by atoms with Crippen LogP contribution in [0, 0.1) is 0 Å². The number of hydrogen-bond donors (Lipinski definition) is 0. The number of rotatable bonds is 7. The molecule has 0 aromatic heterocycles. The second kappa shape index (κ2) is 8.63. The number of benzene rings is 3. The summed E-state index contributed by atoms with van der Waals surface area (Å²) in [4.78, 5) is 2.09. The topological polar surface area (TPSA) is 21.7 Å². The van der Waals surface area contributed by atoms with E-state index in [0.717, 1.165) is 23.3 Å². The van der Waals surface area contributed by atoms with Crippen LogP contribution < -0.4 is 9.47 Å². The standard InChI is InChI=1S/C24H27NO2/c1-5-27-21-13-10-18(11-14-21)20(17-25(2)3)16-19-12-15-24(26-4)23-9-7-6-8-22(19)23/h6-15,17H,5,16H2,1-4H3/b20-17+. The van der Waals surface area contributed by atoms with E-state index in [0.29, 0.717) is 6.61 Å². The lowest BCUT2D eigenvalue weighted by molar-refractivity contribution is 0.340. The van der Waals surface area contributed by atoms with Gasteiger partial charge in [-0.25, -0.2) is 0 Å². The minimum Gasteiger partial charge on any atom is -0.496 e. The average molecular weight is 361 g/mol. The van der Waals surface area contributed by atoms with Crippen molar-refractivity contribution in [2.45, 2.75) is 13.3 Å². The van der Waals surface area contributed by atoms with E-state index in [2.05, 4.69) is 73.7 Å². The monoisotopic (exact) mass is 361 g/mol. The van der Waals surface area contributed by atoms with E-state index in [9.17, 15) is 0 Å². The Morgan fingerprint density at radius 1 is 0.926 bits per heavy atom. The number of nitrogens with zero attached hydrogens (tertiary/aromatic N) is 1. The van der Waals surface area contributed by atoms with E-state index in [4.69, 9.17) is 9.47 Å². The first-order valence-electron chi connectivity index (χ1n) is 9.27. The quantitative estimate of drug-likeness (QED) is 0.563. The third kappa shape index (κ3) is 4.43. The Kier molecular flexibility index (Phi) is 6.02. The zero-order valence-electron chi connectivity index (χ0n) is 16.5. The molecule has 0 atom stereocenters. The molecule has 3 aromatic carbocycles. The van der Waals surface area contributed by atoms with E-state index in [-0.39, 0.29) is 0 Å². The lowest BCUT2D eigenvalue weighted by atomic mass is 9.94. The summed E-state index contributed by atoms with van der Waals surface area (Å²) in [5, 5.41) is 2.38. The van der Waals surface area contributed by atoms with Crippen molar-refractivity contribution in [3.05, 3.63) is 78.0 Å². The predicted molar refractivity (Wildman–Crippen MR) is 113 cm³/mol. The van der Waals surface area contributed by atoms with Gasteiger partial charge >= 0.3 is 0 Å². The van der Waals surface area contributed by atoms with Crippen molar-refractivity contribution in [1.29, 1.82) is 0 Å². The van der Waals surface area contributed by atoms with Crippen molar-refractivity contribution in [2.24, 2.45) is 0 Å². The van der Waals surface area contributed by atoms with Crippen molar-refractivity contribution in [1.82, 2.24) is 4.90 Å². The van der Waals surface area contributed by atoms with Crippen LogP contribution >= 0.6 is 0 Å². The van der Waals surface area contributed by atoms with Gasteiger partial charge in [0.15, 0.2) is 0 Å². The van der Waals surface area contributed by atoms with E-state index in [1.807, 2.05) is 19.1 Å². The molecular formula is C24H27NO2. The fraction of sp³-hybridized carbons (Fsp3) is 0.250. The van der Waals surface area contributed by atoms with Gasteiger partial charge in [-0.1, -0.05) is 42.5 Å². The van der Waals surface area contributed by atoms with Gasteiger partial charge in [0.1, 0.15) is 11.5 Å². The number of allylic oxidation sites excluding steroid dienone is 1. The third-order valence-corrected chi connectivity index (χ3v) is 4.53. The van der Waals surface area contributed by atoms with Gasteiger partial charge in [-0.05, 0) is 47.2 Å². The normalized spacial score (nSPS) is 11.5. The summed E-state index contributed by atoms with van der Waals surface area (Å²) in [6.07, 6.45) is 3.03. The Morgan fingerprint density at radius 2 is 1.63 bits per heavy atom. The number of ether oxygens (including phenoxy) is 2. The summed E-state index contributed by atoms with van der Waals surface area (Å²) in [6.45, 7) is 2.68. The van der Waals surface area contributed by atoms with Crippen LogP contribution in [0.5, 0.6) is 11.5 Å². The van der Waals surface area contributed by atoms with Crippen LogP contribution in [0.1, 0.15) is 18.1 Å². The van der Waals surface area contributed by atoms with Gasteiger partial charge in [0.2, 0.25) is 0 Å². The van der Waals surface area contributed by atoms with Crippen molar-refractivity contribution in [3.63, 3.8) is 0 Å². The van der Waals surface area contributed by atoms with Gasteiger partial charge in [0, 0.05) is 32.1 Å². The Hall–Kier alpha value is -2.94. The first kappa shape index (κ1) is 18.8. The largest absolute Gasteiger partial charge is 0.496 e. The van der Waals surface area contributed by atoms with E-state index >= 15 is 0 Å². The van der Waals surface area contributed by atoms with Crippen molar-refractivity contribution >= 4 is 16.3 Å². The number of hydrogen-bond acceptors (Lipinski definition) is 3. The van der Waals surface area contributed by atoms with E-state index < -0.39 is 0 Å². The highest BCUT2D eigenvalue weighted by Gasteiger charge is 2.10. The highest BCUT2D eigenvalue weighted by molar-refractivity contribution is 5.92. The summed E-state index contributed by atoms with van der Waals surface area (Å²) in [5.41, 5.74) is 3.75. The summed E-state index contributed by atoms with van der Waals surface area (Å²) < 4.78 is 11.1. The van der Waals surface area contributed by atoms with Crippen LogP contribution in [0.15, 0.2) is 66.9 Å². The minimum absolute atomic E-state index is 0.678. The molecule has 0 N–H and O–H groups in total. The molecule has 0 saturated heterocycles. The molecule has 0 aliphatic rings. The molecule has 3 nitrogen and oxygen atoms in total. The molecule has 0 radical (unpaired) electrons. The summed E-state index contributed by atoms with van der Waals surface area (Å²) in [7, 11) is 5.83. The van der Waals surface area contributed by atoms with Gasteiger partial charge in [0.05, 0.1) is 13.7 Å². The molecule has 3 rings (SSSR count). The van der Waals surface area contributed by atoms with Crippen molar-refractivity contribution < 1.29 is 9.47 Å². The first-order valence-corrected chi connectivity index (χ1v) is 9.27. The van der Waals surface area contributed by atoms with Crippen molar-refractivity contribution in [2.75, 3.05) is 27.8 Å². The molecule has 140 valence electrons. The lowest BCUT2D eigenvalue weighted by Crippen LogP contribution is -2.04. The lowest BCUT2D eigenvalue weighted by Gasteiger charge is -2.16. The van der Waals surface area contributed by atoms with Gasteiger partial charge in [-0.3, -0.25) is 0 Å². The van der Waals surface area contributed by atoms with Crippen molar-refractivity contribution in [3.8, 4) is 11.5 Å². The zero-order valence-corrected chi connectivity index (χ0v) is 16.5. The fourth-order valence-electron chi connectivity index (χ4n) is 3.34. The molecule has 0 amide bonds. The van der Waals surface area contributed by atoms with E-state index in [1.54, 1.807) is 7.11 Å². The van der Waals surface area contributed by atoms with Crippen LogP contribution in [0.2, 0.25) is 0 Å². The molecule has 0 heterocycles. The average Bonchev–Trinajstić information content (AvgIpc) is 2.68. The van der Waals surface area contributed by atoms with Gasteiger partial charge < -0.3 is 14.4 Å². The van der Waals surface area contributed by atoms with E-state index in [1.165, 1.54) is 22.1 Å². The van der Waals surface area contributed by atoms with Crippen LogP contribution in [-0.2, 0) is 6.42 Å². The zero-order chi connectivity index (χ0) is 19.2. The first-order chi connectivity index (χ1) is 13.1. The molecule has 0 saturated carbocycles. The molecule has 0 aliphatic heterocycles. The Balaban J connectivity index is 2.00. The summed E-state index contributed by atoms with van der Waals surface area (Å²) in [5.74, 6) is 1.81.